The average molecular weight is 532 g/mol. The zero-order valence-corrected chi connectivity index (χ0v) is 26.1. The molecule has 2 aromatic rings. The lowest BCUT2D eigenvalue weighted by atomic mass is 9.69. The van der Waals surface area contributed by atoms with Crippen molar-refractivity contribution in [2.45, 2.75) is 155 Å². The zero-order valence-electron chi connectivity index (χ0n) is 26.1. The van der Waals surface area contributed by atoms with Crippen LogP contribution in [0.4, 0.5) is 0 Å². The van der Waals surface area contributed by atoms with Crippen molar-refractivity contribution in [3.63, 3.8) is 0 Å². The van der Waals surface area contributed by atoms with Crippen LogP contribution < -0.4 is 5.46 Å². The van der Waals surface area contributed by atoms with Crippen molar-refractivity contribution in [2.24, 2.45) is 0 Å². The fraction of sp³-hybridized carbons (Fsp3) is 0.667. The van der Waals surface area contributed by atoms with Gasteiger partial charge >= 0.3 is 7.48 Å². The Morgan fingerprint density at radius 3 is 1.79 bits per heavy atom. The van der Waals surface area contributed by atoms with Gasteiger partial charge in [-0.25, -0.2) is 0 Å². The van der Waals surface area contributed by atoms with E-state index in [1.807, 2.05) is 28.3 Å². The molecule has 0 aliphatic heterocycles. The van der Waals surface area contributed by atoms with Gasteiger partial charge in [-0.05, 0) is 67.9 Å². The maximum absolute atomic E-state index is 10.4. The standard InChI is InChI=1S/C36H56BO2/c1-7-10-12-14-16-18-24-36(25-19-17-15-13-11-8-2)33-26-29(9-3)20-22-31(33)32-23-21-30(27-34(32)36)37-39-28(4)35(5,6)38/h20-23,26-28,38H,7-19,24-25H2,1-6H3. The lowest BCUT2D eigenvalue weighted by Gasteiger charge is -2.33. The summed E-state index contributed by atoms with van der Waals surface area (Å²) in [6, 6.07) is 14.2. The summed E-state index contributed by atoms with van der Waals surface area (Å²) in [6.07, 6.45) is 19.2. The van der Waals surface area contributed by atoms with Crippen LogP contribution in [0.5, 0.6) is 0 Å². The van der Waals surface area contributed by atoms with Crippen LogP contribution in [-0.4, -0.2) is 24.3 Å². The zero-order chi connectivity index (χ0) is 28.3. The van der Waals surface area contributed by atoms with Crippen molar-refractivity contribution in [3.8, 4) is 11.1 Å². The van der Waals surface area contributed by atoms with Crippen LogP contribution in [0.1, 0.15) is 148 Å². The van der Waals surface area contributed by atoms with Gasteiger partial charge < -0.3 is 9.76 Å². The Labute approximate surface area is 241 Å². The van der Waals surface area contributed by atoms with Gasteiger partial charge in [0, 0.05) is 5.41 Å². The van der Waals surface area contributed by atoms with E-state index in [4.69, 9.17) is 4.65 Å². The molecule has 0 amide bonds. The van der Waals surface area contributed by atoms with Crippen molar-refractivity contribution in [2.75, 3.05) is 0 Å². The molecule has 0 heterocycles. The monoisotopic (exact) mass is 531 g/mol. The first-order valence-corrected chi connectivity index (χ1v) is 16.3. The number of hydrogen-bond donors (Lipinski definition) is 1. The Kier molecular flexibility index (Phi) is 12.6. The highest BCUT2D eigenvalue weighted by Gasteiger charge is 2.42. The molecular formula is C36H56BO2. The van der Waals surface area contributed by atoms with E-state index in [0.717, 1.165) is 11.9 Å². The molecule has 0 saturated heterocycles. The van der Waals surface area contributed by atoms with Crippen LogP contribution in [0.25, 0.3) is 11.1 Å². The summed E-state index contributed by atoms with van der Waals surface area (Å²) >= 11 is 0. The Bertz CT molecular complexity index is 990. The highest BCUT2D eigenvalue weighted by atomic mass is 16.5. The van der Waals surface area contributed by atoms with Gasteiger partial charge in [-0.2, -0.15) is 0 Å². The highest BCUT2D eigenvalue weighted by Crippen LogP contribution is 2.54. The van der Waals surface area contributed by atoms with Gasteiger partial charge in [-0.3, -0.25) is 0 Å². The van der Waals surface area contributed by atoms with E-state index < -0.39 is 5.60 Å². The number of aryl methyl sites for hydroxylation is 1. The normalized spacial score (nSPS) is 14.7. The van der Waals surface area contributed by atoms with Gasteiger partial charge in [0.15, 0.2) is 0 Å². The fourth-order valence-corrected chi connectivity index (χ4v) is 6.28. The van der Waals surface area contributed by atoms with Gasteiger partial charge in [0.1, 0.15) is 0 Å². The Morgan fingerprint density at radius 1 is 0.744 bits per heavy atom. The summed E-state index contributed by atoms with van der Waals surface area (Å²) in [4.78, 5) is 0. The van der Waals surface area contributed by atoms with E-state index in [-0.39, 0.29) is 11.5 Å². The molecule has 2 aromatic carbocycles. The Morgan fingerprint density at radius 2 is 1.26 bits per heavy atom. The van der Waals surface area contributed by atoms with Crippen molar-refractivity contribution >= 4 is 12.9 Å². The predicted molar refractivity (Wildman–Crippen MR) is 170 cm³/mol. The second-order valence-corrected chi connectivity index (χ2v) is 12.7. The third-order valence-corrected chi connectivity index (χ3v) is 9.17. The maximum atomic E-state index is 10.4. The molecule has 215 valence electrons. The second kappa shape index (κ2) is 15.4. The Balaban J connectivity index is 1.93. The second-order valence-electron chi connectivity index (χ2n) is 12.7. The molecule has 1 radical (unpaired) electrons. The van der Waals surface area contributed by atoms with E-state index in [1.165, 1.54) is 112 Å². The molecule has 0 saturated carbocycles. The molecular weight excluding hydrogens is 475 g/mol. The number of benzene rings is 2. The van der Waals surface area contributed by atoms with E-state index in [2.05, 4.69) is 57.2 Å². The summed E-state index contributed by atoms with van der Waals surface area (Å²) in [6.45, 7) is 12.4. The minimum Gasteiger partial charge on any atom is -0.429 e. The van der Waals surface area contributed by atoms with Gasteiger partial charge in [0.2, 0.25) is 0 Å². The summed E-state index contributed by atoms with van der Waals surface area (Å²) in [5.41, 5.74) is 7.68. The summed E-state index contributed by atoms with van der Waals surface area (Å²) in [5, 5.41) is 10.4. The van der Waals surface area contributed by atoms with Gasteiger partial charge in [-0.15, -0.1) is 0 Å². The third-order valence-electron chi connectivity index (χ3n) is 9.17. The highest BCUT2D eigenvalue weighted by molar-refractivity contribution is 6.47. The lowest BCUT2D eigenvalue weighted by Crippen LogP contribution is -2.38. The smallest absolute Gasteiger partial charge is 0.330 e. The molecule has 2 nitrogen and oxygen atoms in total. The molecule has 1 unspecified atom stereocenters. The van der Waals surface area contributed by atoms with E-state index in [9.17, 15) is 5.11 Å². The number of fused-ring (bicyclic) bond motifs is 3. The minimum absolute atomic E-state index is 0.0804. The van der Waals surface area contributed by atoms with E-state index >= 15 is 0 Å². The minimum atomic E-state index is -0.876. The first-order valence-electron chi connectivity index (χ1n) is 16.3. The molecule has 1 aliphatic carbocycles. The predicted octanol–water partition coefficient (Wildman–Crippen LogP) is 9.44. The first kappa shape index (κ1) is 31.9. The summed E-state index contributed by atoms with van der Waals surface area (Å²) in [7, 11) is 1.86. The van der Waals surface area contributed by atoms with Gasteiger partial charge in [0.25, 0.3) is 0 Å². The largest absolute Gasteiger partial charge is 0.429 e. The van der Waals surface area contributed by atoms with Crippen molar-refractivity contribution in [1.29, 1.82) is 0 Å². The van der Waals surface area contributed by atoms with E-state index in [1.54, 1.807) is 5.56 Å². The molecule has 1 N–H and O–H groups in total. The third kappa shape index (κ3) is 8.46. The number of hydrogen-bond acceptors (Lipinski definition) is 2. The van der Waals surface area contributed by atoms with Crippen LogP contribution in [0.3, 0.4) is 0 Å². The topological polar surface area (TPSA) is 29.5 Å². The number of unbranched alkanes of at least 4 members (excludes halogenated alkanes) is 10. The molecule has 39 heavy (non-hydrogen) atoms. The van der Waals surface area contributed by atoms with E-state index in [0.29, 0.717) is 0 Å². The molecule has 0 bridgehead atoms. The van der Waals surface area contributed by atoms with Gasteiger partial charge in [0.05, 0.1) is 11.7 Å². The van der Waals surface area contributed by atoms with Crippen molar-refractivity contribution in [1.82, 2.24) is 0 Å². The molecule has 1 atom stereocenters. The molecule has 0 spiro atoms. The first-order chi connectivity index (χ1) is 18.8. The molecule has 3 heteroatoms. The summed E-state index contributed by atoms with van der Waals surface area (Å²) in [5.74, 6) is 0. The van der Waals surface area contributed by atoms with Gasteiger partial charge in [-0.1, -0.05) is 140 Å². The number of aliphatic hydroxyl groups is 1. The quantitative estimate of drug-likeness (QED) is 0.144. The summed E-state index contributed by atoms with van der Waals surface area (Å²) < 4.78 is 6.03. The average Bonchev–Trinajstić information content (AvgIpc) is 3.19. The molecule has 3 rings (SSSR count). The van der Waals surface area contributed by atoms with Crippen LogP contribution in [0.15, 0.2) is 36.4 Å². The molecule has 1 aliphatic rings. The van der Waals surface area contributed by atoms with Crippen LogP contribution in [0, 0.1) is 0 Å². The lowest BCUT2D eigenvalue weighted by molar-refractivity contribution is -0.0223. The van der Waals surface area contributed by atoms with Crippen LogP contribution in [0.2, 0.25) is 0 Å². The molecule has 0 fully saturated rings. The maximum Gasteiger partial charge on any atom is 0.330 e. The number of rotatable bonds is 19. The fourth-order valence-electron chi connectivity index (χ4n) is 6.28. The van der Waals surface area contributed by atoms with Crippen LogP contribution >= 0.6 is 0 Å². The molecule has 0 aromatic heterocycles. The SMILES string of the molecule is CCCCCCCCC1(CCCCCCCC)c2cc([B]OC(C)C(C)(C)O)ccc2-c2ccc(CC)cc21. The van der Waals surface area contributed by atoms with Crippen LogP contribution in [-0.2, 0) is 16.5 Å². The Hall–Kier alpha value is -1.58. The van der Waals surface area contributed by atoms with Crippen molar-refractivity contribution in [3.05, 3.63) is 53.1 Å². The van der Waals surface area contributed by atoms with Crippen molar-refractivity contribution < 1.29 is 9.76 Å².